The van der Waals surface area contributed by atoms with Crippen LogP contribution in [0.2, 0.25) is 10.0 Å². The highest BCUT2D eigenvalue weighted by Crippen LogP contribution is 2.56. The van der Waals surface area contributed by atoms with E-state index in [2.05, 4.69) is 52.0 Å². The Bertz CT molecular complexity index is 1640. The van der Waals surface area contributed by atoms with E-state index in [1.807, 2.05) is 17.2 Å². The topological polar surface area (TPSA) is 103 Å². The summed E-state index contributed by atoms with van der Waals surface area (Å²) in [6, 6.07) is 2.07. The van der Waals surface area contributed by atoms with E-state index in [0.717, 1.165) is 91.9 Å². The number of likely N-dealkylation sites (tertiary alicyclic amines) is 2. The van der Waals surface area contributed by atoms with Gasteiger partial charge in [0, 0.05) is 79.5 Å². The number of piperidine rings is 1. The molecule has 242 valence electrons. The summed E-state index contributed by atoms with van der Waals surface area (Å²) in [7, 11) is 1.68. The molecule has 2 unspecified atom stereocenters. The van der Waals surface area contributed by atoms with Gasteiger partial charge in [-0.3, -0.25) is 19.5 Å². The van der Waals surface area contributed by atoms with Crippen molar-refractivity contribution in [2.45, 2.75) is 70.2 Å². The number of anilines is 1. The number of aliphatic hydroxyl groups excluding tert-OH is 1. The molecule has 0 bridgehead atoms. The Morgan fingerprint density at radius 2 is 1.98 bits per heavy atom. The Morgan fingerprint density at radius 1 is 1.22 bits per heavy atom. The van der Waals surface area contributed by atoms with Gasteiger partial charge in [0.25, 0.3) is 0 Å². The van der Waals surface area contributed by atoms with Crippen molar-refractivity contribution in [2.75, 3.05) is 51.3 Å². The summed E-state index contributed by atoms with van der Waals surface area (Å²) >= 11 is 13.7. The van der Waals surface area contributed by atoms with Gasteiger partial charge in [-0.2, -0.15) is 10.2 Å². The summed E-state index contributed by atoms with van der Waals surface area (Å²) < 4.78 is 7.69. The molecule has 3 saturated heterocycles. The molecule has 4 fully saturated rings. The number of methoxy groups -OCH3 is 1. The van der Waals surface area contributed by atoms with Crippen LogP contribution in [0, 0.1) is 18.3 Å². The van der Waals surface area contributed by atoms with Gasteiger partial charge in [0.05, 0.1) is 40.0 Å². The summed E-state index contributed by atoms with van der Waals surface area (Å²) in [5.41, 5.74) is 3.75. The van der Waals surface area contributed by atoms with Crippen LogP contribution in [-0.2, 0) is 9.53 Å². The number of amides is 1. The number of rotatable bonds is 7. The molecule has 4 aliphatic rings. The van der Waals surface area contributed by atoms with Crippen LogP contribution in [-0.4, -0.2) is 105 Å². The number of hydrogen-bond acceptors (Lipinski definition) is 7. The van der Waals surface area contributed by atoms with E-state index >= 15 is 0 Å². The maximum absolute atomic E-state index is 12.1. The van der Waals surface area contributed by atoms with E-state index in [-0.39, 0.29) is 29.0 Å². The average molecular weight is 657 g/mol. The largest absolute Gasteiger partial charge is 0.389 e. The highest BCUT2D eigenvalue weighted by molar-refractivity contribution is 6.45. The number of aromatic amines is 1. The van der Waals surface area contributed by atoms with Crippen LogP contribution in [0.1, 0.15) is 51.3 Å². The number of benzene rings is 1. The van der Waals surface area contributed by atoms with Crippen molar-refractivity contribution in [3.05, 3.63) is 40.7 Å². The Kier molecular flexibility index (Phi) is 7.76. The van der Waals surface area contributed by atoms with Crippen molar-refractivity contribution in [1.29, 1.82) is 0 Å². The van der Waals surface area contributed by atoms with Crippen LogP contribution in [0.5, 0.6) is 0 Å². The predicted molar refractivity (Wildman–Crippen MR) is 177 cm³/mol. The number of hydrogen-bond donors (Lipinski definition) is 2. The summed E-state index contributed by atoms with van der Waals surface area (Å²) in [4.78, 5) is 18.8. The molecule has 0 radical (unpaired) electrons. The van der Waals surface area contributed by atoms with Crippen LogP contribution >= 0.6 is 23.2 Å². The van der Waals surface area contributed by atoms with Crippen LogP contribution in [0.15, 0.2) is 24.9 Å². The van der Waals surface area contributed by atoms with Gasteiger partial charge >= 0.3 is 0 Å². The molecule has 2 N–H and O–H groups in total. The van der Waals surface area contributed by atoms with Crippen LogP contribution in [0.4, 0.5) is 5.82 Å². The second-order valence-electron chi connectivity index (χ2n) is 14.5. The lowest BCUT2D eigenvalue weighted by atomic mass is 9.60. The highest BCUT2D eigenvalue weighted by Gasteiger charge is 2.55. The fourth-order valence-corrected chi connectivity index (χ4v) is 9.15. The third-order valence-electron chi connectivity index (χ3n) is 10.9. The first-order valence-electron chi connectivity index (χ1n) is 16.0. The molecule has 3 aromatic rings. The van der Waals surface area contributed by atoms with Crippen LogP contribution in [0.3, 0.4) is 0 Å². The molecule has 45 heavy (non-hydrogen) atoms. The zero-order valence-corrected chi connectivity index (χ0v) is 28.0. The molecular weight excluding hydrogens is 613 g/mol. The van der Waals surface area contributed by atoms with Gasteiger partial charge in [0.15, 0.2) is 5.82 Å². The van der Waals surface area contributed by atoms with Crippen LogP contribution < -0.4 is 4.90 Å². The van der Waals surface area contributed by atoms with E-state index in [1.54, 1.807) is 7.11 Å². The minimum Gasteiger partial charge on any atom is -0.389 e. The van der Waals surface area contributed by atoms with Crippen LogP contribution in [0.25, 0.3) is 22.0 Å². The first-order valence-corrected chi connectivity index (χ1v) is 16.7. The zero-order chi connectivity index (χ0) is 31.8. The van der Waals surface area contributed by atoms with Gasteiger partial charge in [-0.05, 0) is 64.5 Å². The summed E-state index contributed by atoms with van der Waals surface area (Å²) in [6.07, 6.45) is 6.64. The lowest BCUT2D eigenvalue weighted by molar-refractivity contribution is -0.149. The fourth-order valence-electron chi connectivity index (χ4n) is 8.70. The number of halogens is 2. The van der Waals surface area contributed by atoms with E-state index < -0.39 is 6.10 Å². The number of nitrogens with zero attached hydrogens (tertiary/aromatic N) is 6. The van der Waals surface area contributed by atoms with Crippen molar-refractivity contribution < 1.29 is 14.6 Å². The maximum atomic E-state index is 12.1. The van der Waals surface area contributed by atoms with E-state index in [0.29, 0.717) is 22.5 Å². The second-order valence-corrected chi connectivity index (χ2v) is 15.2. The maximum Gasteiger partial charge on any atom is 0.245 e. The first kappa shape index (κ1) is 31.0. The van der Waals surface area contributed by atoms with Crippen molar-refractivity contribution in [3.63, 3.8) is 0 Å². The molecule has 3 aliphatic heterocycles. The number of aliphatic hydroxyl groups is 1. The molecule has 10 nitrogen and oxygen atoms in total. The average Bonchev–Trinajstić information content (AvgIpc) is 3.64. The van der Waals surface area contributed by atoms with Crippen molar-refractivity contribution in [3.8, 4) is 11.1 Å². The highest BCUT2D eigenvalue weighted by atomic mass is 35.5. The number of fused-ring (bicyclic) bond motifs is 1. The molecule has 1 saturated carbocycles. The van der Waals surface area contributed by atoms with E-state index in [9.17, 15) is 9.90 Å². The van der Waals surface area contributed by atoms with Gasteiger partial charge in [0.1, 0.15) is 0 Å². The van der Waals surface area contributed by atoms with Crippen molar-refractivity contribution in [1.82, 2.24) is 29.8 Å². The molecule has 12 heteroatoms. The monoisotopic (exact) mass is 655 g/mol. The molecule has 1 amide bonds. The molecule has 1 spiro atoms. The molecule has 7 rings (SSSR count). The lowest BCUT2D eigenvalue weighted by Crippen LogP contribution is -2.63. The standard InChI is InChI=1S/C33H43Cl2N7O3/c1-6-27(44)40-17-33(18-40)11-21(12-33)42-19(2)28(29-22-13-36-37-24(22)9-23(34)30(29)35)31(38-42)41-8-7-20(10-32(41,3)4)14-39-15-25(43)26(16-39)45-5/h6,9,13,20-21,25-26,43H,1,7-8,10-12,14-18H2,2-5H3,(H,36,37)/t20-,25?,26?/m1/s1. The summed E-state index contributed by atoms with van der Waals surface area (Å²) in [5.74, 6) is 1.43. The molecule has 1 aliphatic carbocycles. The third-order valence-corrected chi connectivity index (χ3v) is 11.7. The van der Waals surface area contributed by atoms with Gasteiger partial charge < -0.3 is 19.6 Å². The molecule has 5 heterocycles. The number of H-pyrrole nitrogens is 1. The zero-order valence-electron chi connectivity index (χ0n) is 26.5. The van der Waals surface area contributed by atoms with Crippen molar-refractivity contribution in [2.24, 2.45) is 11.3 Å². The summed E-state index contributed by atoms with van der Waals surface area (Å²) in [5, 5.41) is 25.1. The van der Waals surface area contributed by atoms with E-state index in [4.69, 9.17) is 33.0 Å². The number of carbonyl (C=O) groups is 1. The molecule has 1 aromatic carbocycles. The molecule has 2 aromatic heterocycles. The van der Waals surface area contributed by atoms with Gasteiger partial charge in [-0.25, -0.2) is 0 Å². The molecular formula is C33H43Cl2N7O3. The smallest absolute Gasteiger partial charge is 0.245 e. The summed E-state index contributed by atoms with van der Waals surface area (Å²) in [6.45, 7) is 15.2. The number of ether oxygens (including phenoxy) is 1. The normalized spacial score (nSPS) is 26.4. The number of carbonyl (C=O) groups excluding carboxylic acids is 1. The van der Waals surface area contributed by atoms with Gasteiger partial charge in [0.2, 0.25) is 5.91 Å². The minimum atomic E-state index is -0.434. The van der Waals surface area contributed by atoms with Crippen molar-refractivity contribution >= 4 is 45.8 Å². The minimum absolute atomic E-state index is 0.00806. The predicted octanol–water partition coefficient (Wildman–Crippen LogP) is 5.08. The number of aromatic nitrogens is 4. The Labute approximate surface area is 274 Å². The van der Waals surface area contributed by atoms with Gasteiger partial charge in [-0.1, -0.05) is 29.8 Å². The third kappa shape index (κ3) is 5.17. The van der Waals surface area contributed by atoms with E-state index in [1.165, 1.54) is 6.08 Å². The quantitative estimate of drug-likeness (QED) is 0.342. The Morgan fingerprint density at radius 3 is 2.64 bits per heavy atom. The molecule has 3 atom stereocenters. The first-order chi connectivity index (χ1) is 21.4. The van der Waals surface area contributed by atoms with Gasteiger partial charge in [-0.15, -0.1) is 0 Å². The lowest BCUT2D eigenvalue weighted by Gasteiger charge is -2.58. The number of β-amino-alcohol motifs (C(OH)–C–C–N with tert-alkyl or cyclic N) is 1. The Hall–Kier alpha value is -2.63. The Balaban J connectivity index is 1.21. The SMILES string of the molecule is C=CC(=O)N1CC2(CC(n3nc(N4CC[C@@H](CN5CC(O)C(OC)C5)CC4(C)C)c(-c4c(Cl)c(Cl)cc5[nH]ncc45)c3C)C2)C1. The second kappa shape index (κ2) is 11.3. The number of nitrogens with one attached hydrogen (secondary N) is 1. The fraction of sp³-hybridized carbons (Fsp3) is 0.606.